The number of hydrogen-bond acceptors (Lipinski definition) is 4. The van der Waals surface area contributed by atoms with Gasteiger partial charge in [-0.15, -0.1) is 0 Å². The highest BCUT2D eigenvalue weighted by molar-refractivity contribution is 7.80. The zero-order valence-corrected chi connectivity index (χ0v) is 12.5. The molecule has 0 unspecified atom stereocenters. The molecule has 0 radical (unpaired) electrons. The van der Waals surface area contributed by atoms with E-state index in [-0.39, 0.29) is 4.99 Å². The van der Waals surface area contributed by atoms with E-state index in [0.29, 0.717) is 17.2 Å². The highest BCUT2D eigenvalue weighted by atomic mass is 32.1. The van der Waals surface area contributed by atoms with Gasteiger partial charge in [0, 0.05) is 12.4 Å². The number of fused-ring (bicyclic) bond motifs is 1. The molecule has 3 aromatic rings. The molecule has 106 valence electrons. The van der Waals surface area contributed by atoms with Crippen molar-refractivity contribution in [3.63, 3.8) is 0 Å². The lowest BCUT2D eigenvalue weighted by Gasteiger charge is -2.08. The van der Waals surface area contributed by atoms with Crippen LogP contribution >= 0.6 is 12.2 Å². The van der Waals surface area contributed by atoms with Crippen LogP contribution < -0.4 is 10.5 Å². The molecule has 0 bridgehead atoms. The van der Waals surface area contributed by atoms with Crippen LogP contribution in [0.4, 0.5) is 0 Å². The first kappa shape index (κ1) is 13.5. The Morgan fingerprint density at radius 2 is 2.10 bits per heavy atom. The Hall–Kier alpha value is -2.47. The summed E-state index contributed by atoms with van der Waals surface area (Å²) >= 11 is 5.07. The van der Waals surface area contributed by atoms with Crippen LogP contribution in [0.1, 0.15) is 11.3 Å². The van der Waals surface area contributed by atoms with Gasteiger partial charge in [-0.3, -0.25) is 4.98 Å². The first-order valence-corrected chi connectivity index (χ1v) is 6.83. The van der Waals surface area contributed by atoms with Crippen molar-refractivity contribution in [1.82, 2.24) is 14.8 Å². The van der Waals surface area contributed by atoms with Crippen LogP contribution in [0.5, 0.6) is 11.6 Å². The second-order valence-electron chi connectivity index (χ2n) is 4.72. The number of nitrogens with two attached hydrogens (primary N) is 1. The second-order valence-corrected chi connectivity index (χ2v) is 5.16. The van der Waals surface area contributed by atoms with E-state index >= 15 is 0 Å². The van der Waals surface area contributed by atoms with Gasteiger partial charge in [0.2, 0.25) is 5.88 Å². The van der Waals surface area contributed by atoms with Gasteiger partial charge >= 0.3 is 0 Å². The number of aryl methyl sites for hydroxylation is 2. The number of para-hydroxylation sites is 1. The highest BCUT2D eigenvalue weighted by Gasteiger charge is 2.18. The SMILES string of the molecule is Cc1nn(C)c(Oc2cnc3ccccc3c2)c1C(N)=S. The fraction of sp³-hybridized carbons (Fsp3) is 0.133. The maximum atomic E-state index is 5.90. The van der Waals surface area contributed by atoms with Crippen molar-refractivity contribution in [3.05, 3.63) is 47.8 Å². The molecule has 3 rings (SSSR count). The molecule has 6 heteroatoms. The van der Waals surface area contributed by atoms with Crippen LogP contribution in [0.3, 0.4) is 0 Å². The summed E-state index contributed by atoms with van der Waals surface area (Å²) in [4.78, 5) is 4.64. The number of aromatic nitrogens is 3. The molecular weight excluding hydrogens is 284 g/mol. The summed E-state index contributed by atoms with van der Waals surface area (Å²) in [6, 6.07) is 9.77. The highest BCUT2D eigenvalue weighted by Crippen LogP contribution is 2.28. The number of pyridine rings is 1. The van der Waals surface area contributed by atoms with Gasteiger partial charge in [0.25, 0.3) is 0 Å². The number of hydrogen-bond donors (Lipinski definition) is 1. The van der Waals surface area contributed by atoms with Crippen LogP contribution in [-0.2, 0) is 7.05 Å². The van der Waals surface area contributed by atoms with E-state index in [1.165, 1.54) is 0 Å². The van der Waals surface area contributed by atoms with E-state index in [1.54, 1.807) is 17.9 Å². The molecule has 0 saturated carbocycles. The molecule has 2 aromatic heterocycles. The number of nitrogens with zero attached hydrogens (tertiary/aromatic N) is 3. The summed E-state index contributed by atoms with van der Waals surface area (Å²) in [5, 5.41) is 5.30. The molecule has 0 aliphatic carbocycles. The summed E-state index contributed by atoms with van der Waals surface area (Å²) in [5.41, 5.74) is 8.07. The Bertz CT molecular complexity index is 841. The molecule has 0 amide bonds. The first-order valence-electron chi connectivity index (χ1n) is 6.42. The minimum atomic E-state index is 0.268. The van der Waals surface area contributed by atoms with Crippen molar-refractivity contribution in [2.24, 2.45) is 12.8 Å². The summed E-state index contributed by atoms with van der Waals surface area (Å²) < 4.78 is 7.53. The second kappa shape index (κ2) is 5.14. The first-order chi connectivity index (χ1) is 10.1. The summed E-state index contributed by atoms with van der Waals surface area (Å²) in [5.74, 6) is 1.14. The molecule has 0 spiro atoms. The molecule has 0 fully saturated rings. The smallest absolute Gasteiger partial charge is 0.228 e. The molecule has 0 atom stereocenters. The van der Waals surface area contributed by atoms with E-state index < -0.39 is 0 Å². The molecular formula is C15H14N4OS. The fourth-order valence-corrected chi connectivity index (χ4v) is 2.49. The van der Waals surface area contributed by atoms with Gasteiger partial charge in [0.1, 0.15) is 10.7 Å². The predicted molar refractivity (Wildman–Crippen MR) is 85.6 cm³/mol. The van der Waals surface area contributed by atoms with Gasteiger partial charge in [-0.2, -0.15) is 5.10 Å². The minimum Gasteiger partial charge on any atom is -0.437 e. The van der Waals surface area contributed by atoms with Crippen LogP contribution in [0.15, 0.2) is 36.5 Å². The zero-order chi connectivity index (χ0) is 15.0. The lowest BCUT2D eigenvalue weighted by Crippen LogP contribution is -2.11. The Morgan fingerprint density at radius 1 is 1.33 bits per heavy atom. The average Bonchev–Trinajstić information content (AvgIpc) is 2.73. The normalized spacial score (nSPS) is 10.8. The average molecular weight is 298 g/mol. The van der Waals surface area contributed by atoms with E-state index in [2.05, 4.69) is 10.1 Å². The third-order valence-electron chi connectivity index (χ3n) is 3.20. The zero-order valence-electron chi connectivity index (χ0n) is 11.7. The molecule has 5 nitrogen and oxygen atoms in total. The Labute approximate surface area is 127 Å². The summed E-state index contributed by atoms with van der Waals surface area (Å²) in [7, 11) is 1.79. The van der Waals surface area contributed by atoms with E-state index in [9.17, 15) is 0 Å². The fourth-order valence-electron chi connectivity index (χ4n) is 2.26. The van der Waals surface area contributed by atoms with Crippen LogP contribution in [0.25, 0.3) is 10.9 Å². The summed E-state index contributed by atoms with van der Waals surface area (Å²) in [6.45, 7) is 1.85. The van der Waals surface area contributed by atoms with Gasteiger partial charge in [0.05, 0.1) is 23.0 Å². The predicted octanol–water partition coefficient (Wildman–Crippen LogP) is 2.70. The van der Waals surface area contributed by atoms with Crippen LogP contribution in [0.2, 0.25) is 0 Å². The quantitative estimate of drug-likeness (QED) is 0.753. The maximum absolute atomic E-state index is 5.90. The van der Waals surface area contributed by atoms with Crippen LogP contribution in [0, 0.1) is 6.92 Å². The minimum absolute atomic E-state index is 0.268. The summed E-state index contributed by atoms with van der Waals surface area (Å²) in [6.07, 6.45) is 1.67. The molecule has 0 aliphatic rings. The number of rotatable bonds is 3. The lowest BCUT2D eigenvalue weighted by atomic mass is 10.2. The van der Waals surface area contributed by atoms with Crippen molar-refractivity contribution in [3.8, 4) is 11.6 Å². The van der Waals surface area contributed by atoms with Crippen molar-refractivity contribution < 1.29 is 4.74 Å². The van der Waals surface area contributed by atoms with E-state index in [1.807, 2.05) is 37.3 Å². The Balaban J connectivity index is 2.04. The third kappa shape index (κ3) is 2.45. The van der Waals surface area contributed by atoms with Gasteiger partial charge in [-0.1, -0.05) is 30.4 Å². The molecule has 21 heavy (non-hydrogen) atoms. The third-order valence-corrected chi connectivity index (χ3v) is 3.40. The Morgan fingerprint density at radius 3 is 2.86 bits per heavy atom. The van der Waals surface area contributed by atoms with Crippen molar-refractivity contribution in [1.29, 1.82) is 0 Å². The molecule has 2 heterocycles. The number of benzene rings is 1. The lowest BCUT2D eigenvalue weighted by molar-refractivity contribution is 0.429. The standard InChI is InChI=1S/C15H14N4OS/c1-9-13(14(16)21)15(19(2)18-9)20-11-7-10-5-3-4-6-12(10)17-8-11/h3-8H,1-2H3,(H2,16,21). The molecule has 2 N–H and O–H groups in total. The van der Waals surface area contributed by atoms with Gasteiger partial charge < -0.3 is 10.5 Å². The molecule has 1 aromatic carbocycles. The van der Waals surface area contributed by atoms with Crippen molar-refractivity contribution in [2.45, 2.75) is 6.92 Å². The van der Waals surface area contributed by atoms with Gasteiger partial charge in [0.15, 0.2) is 0 Å². The number of thiocarbonyl (C=S) groups is 1. The van der Waals surface area contributed by atoms with E-state index in [4.69, 9.17) is 22.7 Å². The largest absolute Gasteiger partial charge is 0.437 e. The monoisotopic (exact) mass is 298 g/mol. The van der Waals surface area contributed by atoms with Crippen LogP contribution in [-0.4, -0.2) is 19.8 Å². The van der Waals surface area contributed by atoms with Gasteiger partial charge in [-0.25, -0.2) is 4.68 Å². The van der Waals surface area contributed by atoms with Crippen molar-refractivity contribution in [2.75, 3.05) is 0 Å². The molecule has 0 aliphatic heterocycles. The van der Waals surface area contributed by atoms with E-state index in [0.717, 1.165) is 16.6 Å². The van der Waals surface area contributed by atoms with Crippen molar-refractivity contribution >= 4 is 28.1 Å². The Kier molecular flexibility index (Phi) is 3.31. The molecule has 0 saturated heterocycles. The topological polar surface area (TPSA) is 66.0 Å². The van der Waals surface area contributed by atoms with Gasteiger partial charge in [-0.05, 0) is 19.1 Å². The number of ether oxygens (including phenoxy) is 1. The maximum Gasteiger partial charge on any atom is 0.228 e.